The number of hydrogen-bond acceptors (Lipinski definition) is 3. The predicted octanol–water partition coefficient (Wildman–Crippen LogP) is 1.37. The number of carboxylic acid groups (broad SMARTS) is 1. The summed E-state index contributed by atoms with van der Waals surface area (Å²) < 4.78 is 5.18. The molecule has 15 heavy (non-hydrogen) atoms. The molecule has 1 aliphatic heterocycles. The van der Waals surface area contributed by atoms with Crippen molar-refractivity contribution in [3.8, 4) is 0 Å². The van der Waals surface area contributed by atoms with Crippen LogP contribution in [0.25, 0.3) is 0 Å². The van der Waals surface area contributed by atoms with Crippen LogP contribution < -0.4 is 0 Å². The van der Waals surface area contributed by atoms with E-state index in [2.05, 4.69) is 0 Å². The van der Waals surface area contributed by atoms with Crippen molar-refractivity contribution in [3.05, 3.63) is 24.2 Å². The third-order valence-corrected chi connectivity index (χ3v) is 2.84. The first-order valence-electron chi connectivity index (χ1n) is 5.26. The van der Waals surface area contributed by atoms with Gasteiger partial charge < -0.3 is 9.52 Å². The Bertz CT molecular complexity index is 315. The van der Waals surface area contributed by atoms with Gasteiger partial charge in [-0.2, -0.15) is 0 Å². The van der Waals surface area contributed by atoms with Crippen LogP contribution in [-0.4, -0.2) is 35.1 Å². The smallest absolute Gasteiger partial charge is 0.321 e. The molecule has 1 aromatic rings. The fraction of sp³-hybridized carbons (Fsp3) is 0.545. The molecule has 1 fully saturated rings. The number of aliphatic carboxylic acids is 1. The fourth-order valence-electron chi connectivity index (χ4n) is 2.05. The molecule has 4 heteroatoms. The zero-order valence-corrected chi connectivity index (χ0v) is 8.56. The number of rotatable bonds is 4. The zero-order valence-electron chi connectivity index (χ0n) is 8.56. The fourth-order valence-corrected chi connectivity index (χ4v) is 2.05. The SMILES string of the molecule is O=C(O)C(Cc1ccco1)N1CCCC1. The Balaban J connectivity index is 2.03. The maximum Gasteiger partial charge on any atom is 0.321 e. The van der Waals surface area contributed by atoms with E-state index in [1.54, 1.807) is 12.3 Å². The van der Waals surface area contributed by atoms with E-state index in [-0.39, 0.29) is 0 Å². The van der Waals surface area contributed by atoms with Gasteiger partial charge in [-0.25, -0.2) is 0 Å². The molecular formula is C11H15NO3. The van der Waals surface area contributed by atoms with Crippen molar-refractivity contribution in [3.63, 3.8) is 0 Å². The molecule has 0 aliphatic carbocycles. The van der Waals surface area contributed by atoms with Gasteiger partial charge in [-0.1, -0.05) is 0 Å². The lowest BCUT2D eigenvalue weighted by Crippen LogP contribution is -2.40. The average molecular weight is 209 g/mol. The van der Waals surface area contributed by atoms with Gasteiger partial charge in [0.1, 0.15) is 11.8 Å². The number of carboxylic acids is 1. The van der Waals surface area contributed by atoms with Gasteiger partial charge in [0.05, 0.1) is 6.26 Å². The molecule has 1 atom stereocenters. The van der Waals surface area contributed by atoms with Crippen molar-refractivity contribution in [2.75, 3.05) is 13.1 Å². The van der Waals surface area contributed by atoms with Crippen LogP contribution in [0.4, 0.5) is 0 Å². The molecule has 1 saturated heterocycles. The van der Waals surface area contributed by atoms with E-state index in [1.165, 1.54) is 0 Å². The maximum absolute atomic E-state index is 11.1. The van der Waals surface area contributed by atoms with E-state index >= 15 is 0 Å². The minimum Gasteiger partial charge on any atom is -0.480 e. The molecule has 2 rings (SSSR count). The van der Waals surface area contributed by atoms with Crippen LogP contribution in [0.2, 0.25) is 0 Å². The van der Waals surface area contributed by atoms with Gasteiger partial charge in [-0.05, 0) is 38.1 Å². The molecule has 0 amide bonds. The van der Waals surface area contributed by atoms with Crippen molar-refractivity contribution in [2.45, 2.75) is 25.3 Å². The van der Waals surface area contributed by atoms with Crippen molar-refractivity contribution in [1.82, 2.24) is 4.90 Å². The quantitative estimate of drug-likeness (QED) is 0.813. The number of nitrogens with zero attached hydrogens (tertiary/aromatic N) is 1. The van der Waals surface area contributed by atoms with Crippen molar-refractivity contribution in [2.24, 2.45) is 0 Å². The van der Waals surface area contributed by atoms with Gasteiger partial charge in [0.25, 0.3) is 0 Å². The highest BCUT2D eigenvalue weighted by molar-refractivity contribution is 5.73. The highest BCUT2D eigenvalue weighted by Crippen LogP contribution is 2.16. The van der Waals surface area contributed by atoms with Gasteiger partial charge in [0.2, 0.25) is 0 Å². The van der Waals surface area contributed by atoms with Crippen LogP contribution >= 0.6 is 0 Å². The van der Waals surface area contributed by atoms with Crippen LogP contribution in [0.1, 0.15) is 18.6 Å². The second-order valence-electron chi connectivity index (χ2n) is 3.88. The molecule has 4 nitrogen and oxygen atoms in total. The molecule has 1 unspecified atom stereocenters. The maximum atomic E-state index is 11.1. The van der Waals surface area contributed by atoms with Gasteiger partial charge in [-0.15, -0.1) is 0 Å². The normalized spacial score (nSPS) is 19.2. The zero-order chi connectivity index (χ0) is 10.7. The van der Waals surface area contributed by atoms with E-state index < -0.39 is 12.0 Å². The van der Waals surface area contributed by atoms with Crippen molar-refractivity contribution < 1.29 is 14.3 Å². The highest BCUT2D eigenvalue weighted by Gasteiger charge is 2.28. The number of furan rings is 1. The van der Waals surface area contributed by atoms with Crippen LogP contribution in [0.15, 0.2) is 22.8 Å². The Morgan fingerprint density at radius 3 is 2.80 bits per heavy atom. The molecule has 0 bridgehead atoms. The van der Waals surface area contributed by atoms with E-state index in [9.17, 15) is 4.79 Å². The number of likely N-dealkylation sites (tertiary alicyclic amines) is 1. The van der Waals surface area contributed by atoms with Crippen LogP contribution in [0, 0.1) is 0 Å². The lowest BCUT2D eigenvalue weighted by molar-refractivity contribution is -0.143. The Hall–Kier alpha value is -1.29. The molecule has 1 N–H and O–H groups in total. The first-order valence-corrected chi connectivity index (χ1v) is 5.26. The molecular weight excluding hydrogens is 194 g/mol. The molecule has 0 saturated carbocycles. The molecule has 0 radical (unpaired) electrons. The molecule has 0 aromatic carbocycles. The van der Waals surface area contributed by atoms with Crippen LogP contribution in [0.5, 0.6) is 0 Å². The summed E-state index contributed by atoms with van der Waals surface area (Å²) >= 11 is 0. The summed E-state index contributed by atoms with van der Waals surface area (Å²) in [6, 6.07) is 3.18. The number of carbonyl (C=O) groups is 1. The second-order valence-corrected chi connectivity index (χ2v) is 3.88. The minimum atomic E-state index is -0.756. The van der Waals surface area contributed by atoms with E-state index in [4.69, 9.17) is 9.52 Å². The summed E-state index contributed by atoms with van der Waals surface area (Å²) in [5, 5.41) is 9.15. The van der Waals surface area contributed by atoms with Gasteiger partial charge >= 0.3 is 5.97 Å². The molecule has 1 aliphatic rings. The van der Waals surface area contributed by atoms with Gasteiger partial charge in [0, 0.05) is 6.42 Å². The van der Waals surface area contributed by atoms with Crippen molar-refractivity contribution in [1.29, 1.82) is 0 Å². The Kier molecular flexibility index (Phi) is 3.06. The summed E-state index contributed by atoms with van der Waals surface area (Å²) in [6.45, 7) is 1.77. The second kappa shape index (κ2) is 4.49. The molecule has 1 aromatic heterocycles. The first kappa shape index (κ1) is 10.2. The molecule has 2 heterocycles. The van der Waals surface area contributed by atoms with E-state index in [0.717, 1.165) is 31.7 Å². The molecule has 82 valence electrons. The summed E-state index contributed by atoms with van der Waals surface area (Å²) in [7, 11) is 0. The number of hydrogen-bond donors (Lipinski definition) is 1. The first-order chi connectivity index (χ1) is 7.27. The van der Waals surface area contributed by atoms with Crippen LogP contribution in [-0.2, 0) is 11.2 Å². The average Bonchev–Trinajstić information content (AvgIpc) is 2.87. The topological polar surface area (TPSA) is 53.7 Å². The summed E-state index contributed by atoms with van der Waals surface area (Å²) in [6.07, 6.45) is 4.24. The lowest BCUT2D eigenvalue weighted by atomic mass is 10.1. The standard InChI is InChI=1S/C11H15NO3/c13-11(14)10(12-5-1-2-6-12)8-9-4-3-7-15-9/h3-4,7,10H,1-2,5-6,8H2,(H,13,14). The summed E-state index contributed by atoms with van der Waals surface area (Å²) in [4.78, 5) is 13.1. The Labute approximate surface area is 88.5 Å². The molecule has 0 spiro atoms. The monoisotopic (exact) mass is 209 g/mol. The van der Waals surface area contributed by atoms with Gasteiger partial charge in [-0.3, -0.25) is 9.69 Å². The van der Waals surface area contributed by atoms with E-state index in [1.807, 2.05) is 11.0 Å². The Morgan fingerprint density at radius 1 is 1.53 bits per heavy atom. The van der Waals surface area contributed by atoms with Crippen LogP contribution in [0.3, 0.4) is 0 Å². The highest BCUT2D eigenvalue weighted by atomic mass is 16.4. The summed E-state index contributed by atoms with van der Waals surface area (Å²) in [5.41, 5.74) is 0. The minimum absolute atomic E-state index is 0.432. The third-order valence-electron chi connectivity index (χ3n) is 2.84. The van der Waals surface area contributed by atoms with E-state index in [0.29, 0.717) is 6.42 Å². The summed E-state index contributed by atoms with van der Waals surface area (Å²) in [5.74, 6) is -0.0115. The third kappa shape index (κ3) is 2.39. The van der Waals surface area contributed by atoms with Crippen molar-refractivity contribution >= 4 is 5.97 Å². The largest absolute Gasteiger partial charge is 0.480 e. The van der Waals surface area contributed by atoms with Gasteiger partial charge in [0.15, 0.2) is 0 Å². The Morgan fingerprint density at radius 2 is 2.27 bits per heavy atom. The lowest BCUT2D eigenvalue weighted by Gasteiger charge is -2.22. The predicted molar refractivity (Wildman–Crippen MR) is 54.6 cm³/mol.